The van der Waals surface area contributed by atoms with E-state index in [1.807, 2.05) is 5.32 Å². The van der Waals surface area contributed by atoms with Crippen LogP contribution in [0.2, 0.25) is 15.1 Å². The SMILES string of the molecule is O=C(NC1(C(=S)NCC(F)(F)F)CC1)c1ccc(/C=C/C(c2cc(Cl)c(Cl)c(Cl)c2)C(F)(F)F)cc1C(F)(F)F. The molecule has 0 radical (unpaired) electrons. The molecule has 2 aromatic carbocycles. The fraction of sp³-hybridized carbons (Fsp3) is 0.333. The first-order valence-corrected chi connectivity index (χ1v) is 12.6. The molecule has 16 heteroatoms. The maximum absolute atomic E-state index is 13.8. The van der Waals surface area contributed by atoms with Gasteiger partial charge in [-0.25, -0.2) is 0 Å². The van der Waals surface area contributed by atoms with Gasteiger partial charge >= 0.3 is 18.5 Å². The predicted octanol–water partition coefficient (Wildman–Crippen LogP) is 8.77. The van der Waals surface area contributed by atoms with E-state index in [4.69, 9.17) is 47.0 Å². The largest absolute Gasteiger partial charge is 0.417 e. The van der Waals surface area contributed by atoms with Crippen LogP contribution in [0.5, 0.6) is 0 Å². The minimum atomic E-state index is -5.11. The summed E-state index contributed by atoms with van der Waals surface area (Å²) in [6, 6.07) is 4.05. The van der Waals surface area contributed by atoms with Crippen LogP contribution in [0.4, 0.5) is 39.5 Å². The third-order valence-corrected chi connectivity index (χ3v) is 7.51. The molecule has 2 N–H and O–H groups in total. The number of carbonyl (C=O) groups is 1. The predicted molar refractivity (Wildman–Crippen MR) is 137 cm³/mol. The standard InChI is InChI=1S/C24H16Cl3F9N2OS/c25-16-8-12(9-17(26)18(16)27)14(23(31,32)33)4-2-11-1-3-13(15(7-11)24(34,35)36)19(39)38-21(5-6-21)20(40)37-10-22(28,29)30/h1-4,7-9,14H,5-6,10H2,(H,37,40)(H,38,39)/b4-2+. The number of halogens is 12. The van der Waals surface area contributed by atoms with E-state index in [0.717, 1.165) is 30.3 Å². The molecular formula is C24H16Cl3F9N2OS. The topological polar surface area (TPSA) is 41.1 Å². The van der Waals surface area contributed by atoms with Gasteiger partial charge in [-0.2, -0.15) is 39.5 Å². The van der Waals surface area contributed by atoms with Crippen molar-refractivity contribution in [3.05, 3.63) is 73.7 Å². The van der Waals surface area contributed by atoms with Gasteiger partial charge in [-0.3, -0.25) is 4.79 Å². The quantitative estimate of drug-likeness (QED) is 0.178. The van der Waals surface area contributed by atoms with Crippen molar-refractivity contribution in [2.24, 2.45) is 0 Å². The van der Waals surface area contributed by atoms with Crippen LogP contribution in [-0.4, -0.2) is 35.3 Å². The summed E-state index contributed by atoms with van der Waals surface area (Å²) in [5, 5.41) is 3.49. The average Bonchev–Trinajstić information content (AvgIpc) is 3.59. The molecule has 1 aliphatic carbocycles. The fourth-order valence-corrected chi connectivity index (χ4v) is 4.58. The molecule has 1 fully saturated rings. The highest BCUT2D eigenvalue weighted by Crippen LogP contribution is 2.42. The highest BCUT2D eigenvalue weighted by atomic mass is 35.5. The van der Waals surface area contributed by atoms with E-state index < -0.39 is 59.1 Å². The molecule has 1 saturated carbocycles. The number of carbonyl (C=O) groups excluding carboxylic acids is 1. The smallest absolute Gasteiger partial charge is 0.369 e. The minimum absolute atomic E-state index is 0.0994. The molecule has 0 bridgehead atoms. The van der Waals surface area contributed by atoms with Gasteiger partial charge in [0.25, 0.3) is 5.91 Å². The number of alkyl halides is 9. The molecule has 3 nitrogen and oxygen atoms in total. The molecule has 0 aliphatic heterocycles. The van der Waals surface area contributed by atoms with E-state index in [0.29, 0.717) is 12.1 Å². The van der Waals surface area contributed by atoms with Crippen molar-refractivity contribution in [2.45, 2.75) is 42.8 Å². The van der Waals surface area contributed by atoms with Gasteiger partial charge in [0.1, 0.15) is 11.5 Å². The first kappa shape index (κ1) is 32.3. The van der Waals surface area contributed by atoms with Gasteiger partial charge in [0.15, 0.2) is 0 Å². The summed E-state index contributed by atoms with van der Waals surface area (Å²) < 4.78 is 120. The zero-order valence-electron chi connectivity index (χ0n) is 19.6. The number of benzene rings is 2. The monoisotopic (exact) mass is 656 g/mol. The summed E-state index contributed by atoms with van der Waals surface area (Å²) in [5.41, 5.74) is -4.55. The molecule has 0 heterocycles. The number of hydrogen-bond acceptors (Lipinski definition) is 2. The normalized spacial score (nSPS) is 16.1. The van der Waals surface area contributed by atoms with Crippen molar-refractivity contribution in [3.63, 3.8) is 0 Å². The van der Waals surface area contributed by atoms with Crippen LogP contribution in [-0.2, 0) is 6.18 Å². The number of amides is 1. The van der Waals surface area contributed by atoms with E-state index in [2.05, 4.69) is 5.32 Å². The van der Waals surface area contributed by atoms with Gasteiger partial charge in [-0.05, 0) is 48.2 Å². The van der Waals surface area contributed by atoms with Crippen LogP contribution in [0.3, 0.4) is 0 Å². The number of rotatable bonds is 7. The number of allylic oxidation sites excluding steroid dienone is 1. The van der Waals surface area contributed by atoms with Crippen LogP contribution in [0, 0.1) is 0 Å². The Bertz CT molecular complexity index is 1310. The second kappa shape index (κ2) is 11.6. The van der Waals surface area contributed by atoms with Crippen molar-refractivity contribution in [3.8, 4) is 0 Å². The Morgan fingerprint density at radius 3 is 2.02 bits per heavy atom. The van der Waals surface area contributed by atoms with E-state index in [1.165, 1.54) is 0 Å². The van der Waals surface area contributed by atoms with Crippen molar-refractivity contribution in [1.82, 2.24) is 10.6 Å². The van der Waals surface area contributed by atoms with Crippen molar-refractivity contribution >= 4 is 64.0 Å². The Hall–Kier alpha value is -2.22. The lowest BCUT2D eigenvalue weighted by Gasteiger charge is -2.22. The Morgan fingerprint density at radius 2 is 1.55 bits per heavy atom. The first-order chi connectivity index (χ1) is 18.2. The Labute approximate surface area is 241 Å². The number of nitrogens with one attached hydrogen (secondary N) is 2. The van der Waals surface area contributed by atoms with Crippen molar-refractivity contribution < 1.29 is 44.3 Å². The summed E-state index contributed by atoms with van der Waals surface area (Å²) in [5.74, 6) is -3.59. The summed E-state index contributed by atoms with van der Waals surface area (Å²) in [6.45, 7) is -1.49. The van der Waals surface area contributed by atoms with Gasteiger partial charge in [0, 0.05) is 0 Å². The van der Waals surface area contributed by atoms with Crippen molar-refractivity contribution in [1.29, 1.82) is 0 Å². The second-order valence-corrected chi connectivity index (χ2v) is 10.4. The van der Waals surface area contributed by atoms with E-state index in [9.17, 15) is 44.3 Å². The number of hydrogen-bond donors (Lipinski definition) is 2. The number of thiocarbonyl (C=S) groups is 1. The minimum Gasteiger partial charge on any atom is -0.369 e. The van der Waals surface area contributed by atoms with Gasteiger partial charge in [0.05, 0.1) is 37.7 Å². The lowest BCUT2D eigenvalue weighted by atomic mass is 9.96. The van der Waals surface area contributed by atoms with Gasteiger partial charge in [-0.15, -0.1) is 0 Å². The summed E-state index contributed by atoms with van der Waals surface area (Å²) >= 11 is 22.3. The molecule has 0 aromatic heterocycles. The fourth-order valence-electron chi connectivity index (χ4n) is 3.64. The molecule has 1 atom stereocenters. The summed E-state index contributed by atoms with van der Waals surface area (Å²) in [6.07, 6.45) is -13.0. The Kier molecular flexibility index (Phi) is 9.35. The zero-order chi connectivity index (χ0) is 30.3. The highest BCUT2D eigenvalue weighted by molar-refractivity contribution is 7.80. The molecule has 0 spiro atoms. The summed E-state index contributed by atoms with van der Waals surface area (Å²) in [7, 11) is 0. The molecular weight excluding hydrogens is 642 g/mol. The maximum atomic E-state index is 13.8. The van der Waals surface area contributed by atoms with Gasteiger partial charge in [0.2, 0.25) is 0 Å². The molecule has 1 aliphatic rings. The molecule has 2 aromatic rings. The lowest BCUT2D eigenvalue weighted by Crippen LogP contribution is -2.50. The van der Waals surface area contributed by atoms with E-state index >= 15 is 0 Å². The van der Waals surface area contributed by atoms with Crippen LogP contribution in [0.15, 0.2) is 36.4 Å². The van der Waals surface area contributed by atoms with Crippen LogP contribution in [0.25, 0.3) is 6.08 Å². The van der Waals surface area contributed by atoms with Crippen molar-refractivity contribution in [2.75, 3.05) is 6.54 Å². The van der Waals surface area contributed by atoms with Crippen LogP contribution in [0.1, 0.15) is 45.8 Å². The molecule has 3 rings (SSSR count). The molecule has 0 saturated heterocycles. The molecule has 218 valence electrons. The second-order valence-electron chi connectivity index (χ2n) is 8.81. The van der Waals surface area contributed by atoms with Gasteiger partial charge in [-0.1, -0.05) is 65.2 Å². The average molecular weight is 658 g/mol. The summed E-state index contributed by atoms with van der Waals surface area (Å²) in [4.78, 5) is 12.4. The lowest BCUT2D eigenvalue weighted by molar-refractivity contribution is -0.139. The van der Waals surface area contributed by atoms with Crippen LogP contribution >= 0.6 is 47.0 Å². The van der Waals surface area contributed by atoms with E-state index in [-0.39, 0.29) is 38.5 Å². The van der Waals surface area contributed by atoms with Crippen LogP contribution < -0.4 is 10.6 Å². The Balaban J connectivity index is 1.90. The third-order valence-electron chi connectivity index (χ3n) is 5.78. The molecule has 1 amide bonds. The maximum Gasteiger partial charge on any atom is 0.417 e. The highest BCUT2D eigenvalue weighted by Gasteiger charge is 2.50. The first-order valence-electron chi connectivity index (χ1n) is 11.0. The molecule has 1 unspecified atom stereocenters. The molecule has 40 heavy (non-hydrogen) atoms. The third kappa shape index (κ3) is 7.95. The van der Waals surface area contributed by atoms with E-state index in [1.54, 1.807) is 0 Å². The zero-order valence-corrected chi connectivity index (χ0v) is 22.7. The Morgan fingerprint density at radius 1 is 0.975 bits per heavy atom. The van der Waals surface area contributed by atoms with Gasteiger partial charge < -0.3 is 10.6 Å².